The van der Waals surface area contributed by atoms with Crippen molar-refractivity contribution in [2.24, 2.45) is 0 Å². The smallest absolute Gasteiger partial charge is 0.164 e. The number of nitrogens with zero attached hydrogens (tertiary/aromatic N) is 5. The molecule has 21 rings (SSSR count). The van der Waals surface area contributed by atoms with E-state index in [1.165, 1.54) is 43.9 Å². The van der Waals surface area contributed by atoms with E-state index in [1.54, 1.807) is 0 Å². The lowest BCUT2D eigenvalue weighted by Crippen LogP contribution is -2.27. The van der Waals surface area contributed by atoms with Crippen molar-refractivity contribution >= 4 is 110 Å². The molecule has 20 aromatic rings. The van der Waals surface area contributed by atoms with Gasteiger partial charge < -0.3 is 22.4 Å². The SMILES string of the molecule is C1=c2oc3ccccc3c2=C(c2nc(-c3cccc4oc5ccc(-c6ccc7c(c6)c6ccccc6n7-c6ccccc6)cc5c34)nc(-c3cccc4oc5ccc(-c6ccc7c(c6)c6ccccc6n7-c6cccc(-c7cc(-c8ccccc8)cc(-c8ccccc8)c7)c6)cc5c34)n2)CC1. The summed E-state index contributed by atoms with van der Waals surface area (Å²) in [5, 5.41) is 10.6. The zero-order valence-corrected chi connectivity index (χ0v) is 54.5. The Bertz CT molecular complexity index is 6890. The van der Waals surface area contributed by atoms with Crippen molar-refractivity contribution in [2.75, 3.05) is 0 Å². The molecule has 0 atom stereocenters. The number of furan rings is 3. The number of para-hydroxylation sites is 4. The minimum absolute atomic E-state index is 0.535. The van der Waals surface area contributed by atoms with Crippen LogP contribution in [0.4, 0.5) is 0 Å². The van der Waals surface area contributed by atoms with Gasteiger partial charge in [-0.25, -0.2) is 15.0 Å². The monoisotopic (exact) mass is 1290 g/mol. The van der Waals surface area contributed by atoms with Gasteiger partial charge in [-0.05, 0) is 196 Å². The van der Waals surface area contributed by atoms with Gasteiger partial charge in [-0.15, -0.1) is 0 Å². The maximum atomic E-state index is 6.83. The second kappa shape index (κ2) is 22.6. The van der Waals surface area contributed by atoms with E-state index >= 15 is 0 Å². The average Bonchev–Trinajstić information content (AvgIpc) is 1.59. The second-order valence-corrected chi connectivity index (χ2v) is 26.4. The first kappa shape index (κ1) is 56.7. The molecule has 0 N–H and O–H groups in total. The van der Waals surface area contributed by atoms with Gasteiger partial charge in [-0.2, -0.15) is 0 Å². The largest absolute Gasteiger partial charge is 0.456 e. The van der Waals surface area contributed by atoms with Crippen molar-refractivity contribution in [3.8, 4) is 89.8 Å². The molecule has 472 valence electrons. The predicted octanol–water partition coefficient (Wildman–Crippen LogP) is 23.1. The number of hydrogen-bond donors (Lipinski definition) is 0. The molecule has 6 heterocycles. The van der Waals surface area contributed by atoms with Crippen LogP contribution < -0.4 is 10.6 Å². The summed E-state index contributed by atoms with van der Waals surface area (Å²) in [6, 6.07) is 113. The molecular weight excluding hydrogens is 1240 g/mol. The van der Waals surface area contributed by atoms with E-state index in [0.29, 0.717) is 23.9 Å². The highest BCUT2D eigenvalue weighted by Gasteiger charge is 2.25. The first-order valence-electron chi connectivity index (χ1n) is 34.4. The van der Waals surface area contributed by atoms with Crippen LogP contribution in [0.5, 0.6) is 0 Å². The molecule has 0 radical (unpaired) electrons. The number of benzene rings is 14. The van der Waals surface area contributed by atoms with Gasteiger partial charge >= 0.3 is 0 Å². The summed E-state index contributed by atoms with van der Waals surface area (Å²) < 4.78 is 24.9. The van der Waals surface area contributed by atoms with E-state index in [-0.39, 0.29) is 0 Å². The minimum atomic E-state index is 0.535. The number of hydrogen-bond acceptors (Lipinski definition) is 6. The van der Waals surface area contributed by atoms with E-state index in [2.05, 4.69) is 294 Å². The third kappa shape index (κ3) is 9.19. The summed E-state index contributed by atoms with van der Waals surface area (Å²) in [7, 11) is 0. The molecule has 0 bridgehead atoms. The molecule has 1 aliphatic carbocycles. The molecule has 101 heavy (non-hydrogen) atoms. The van der Waals surface area contributed by atoms with Crippen molar-refractivity contribution in [3.63, 3.8) is 0 Å². The van der Waals surface area contributed by atoms with E-state index < -0.39 is 0 Å². The van der Waals surface area contributed by atoms with Crippen LogP contribution in [0.15, 0.2) is 329 Å². The Morgan fingerprint density at radius 2 is 0.663 bits per heavy atom. The molecule has 0 saturated carbocycles. The summed E-state index contributed by atoms with van der Waals surface area (Å²) in [6.45, 7) is 0. The molecule has 0 aliphatic heterocycles. The van der Waals surface area contributed by atoms with E-state index in [9.17, 15) is 0 Å². The van der Waals surface area contributed by atoms with Gasteiger partial charge in [0, 0.05) is 81.8 Å². The summed E-state index contributed by atoms with van der Waals surface area (Å²) in [6.07, 6.45) is 3.68. The Balaban J connectivity index is 0.706. The lowest BCUT2D eigenvalue weighted by Gasteiger charge is -2.14. The van der Waals surface area contributed by atoms with Crippen LogP contribution in [0, 0.1) is 0 Å². The van der Waals surface area contributed by atoms with Crippen LogP contribution in [0.25, 0.3) is 200 Å². The number of fused-ring (bicyclic) bond motifs is 15. The van der Waals surface area contributed by atoms with Crippen molar-refractivity contribution < 1.29 is 13.3 Å². The molecule has 0 unspecified atom stereocenters. The summed E-state index contributed by atoms with van der Waals surface area (Å²) in [4.78, 5) is 16.7. The van der Waals surface area contributed by atoms with Gasteiger partial charge in [-0.1, -0.05) is 194 Å². The second-order valence-electron chi connectivity index (χ2n) is 26.4. The van der Waals surface area contributed by atoms with Crippen LogP contribution in [0.1, 0.15) is 18.7 Å². The molecule has 0 amide bonds. The minimum Gasteiger partial charge on any atom is -0.456 e. The van der Waals surface area contributed by atoms with Crippen LogP contribution in [0.3, 0.4) is 0 Å². The predicted molar refractivity (Wildman–Crippen MR) is 413 cm³/mol. The fourth-order valence-corrected chi connectivity index (χ4v) is 16.0. The van der Waals surface area contributed by atoms with Crippen molar-refractivity contribution in [1.29, 1.82) is 0 Å². The Hall–Kier alpha value is -13.4. The molecular formula is C93H57N5O3. The molecule has 0 saturated heterocycles. The quantitative estimate of drug-likeness (QED) is 0.136. The Labute approximate surface area is 578 Å². The van der Waals surface area contributed by atoms with Gasteiger partial charge in [0.1, 0.15) is 33.3 Å². The third-order valence-electron chi connectivity index (χ3n) is 20.6. The molecule has 1 aliphatic rings. The first-order chi connectivity index (χ1) is 50.0. The van der Waals surface area contributed by atoms with Gasteiger partial charge in [-0.3, -0.25) is 0 Å². The van der Waals surface area contributed by atoms with Crippen molar-refractivity contribution in [3.05, 3.63) is 332 Å². The van der Waals surface area contributed by atoms with Crippen molar-refractivity contribution in [1.82, 2.24) is 24.1 Å². The van der Waals surface area contributed by atoms with Gasteiger partial charge in [0.2, 0.25) is 0 Å². The van der Waals surface area contributed by atoms with Gasteiger partial charge in [0.15, 0.2) is 17.5 Å². The van der Waals surface area contributed by atoms with E-state index in [0.717, 1.165) is 155 Å². The Kier molecular flexibility index (Phi) is 12.7. The van der Waals surface area contributed by atoms with Crippen LogP contribution >= 0.6 is 0 Å². The lowest BCUT2D eigenvalue weighted by molar-refractivity contribution is 0.571. The van der Waals surface area contributed by atoms with Crippen molar-refractivity contribution in [2.45, 2.75) is 12.8 Å². The molecule has 8 heteroatoms. The molecule has 0 fully saturated rings. The Morgan fingerprint density at radius 3 is 1.24 bits per heavy atom. The Morgan fingerprint density at radius 1 is 0.257 bits per heavy atom. The van der Waals surface area contributed by atoms with E-state index in [1.807, 2.05) is 36.4 Å². The number of rotatable bonds is 10. The topological polar surface area (TPSA) is 88.0 Å². The average molecular weight is 1290 g/mol. The maximum Gasteiger partial charge on any atom is 0.164 e. The molecule has 6 aromatic heterocycles. The fourth-order valence-electron chi connectivity index (χ4n) is 16.0. The summed E-state index contributed by atoms with van der Waals surface area (Å²) in [5.41, 5.74) is 25.5. The highest BCUT2D eigenvalue weighted by molar-refractivity contribution is 6.16. The van der Waals surface area contributed by atoms with Crippen LogP contribution in [-0.4, -0.2) is 24.1 Å². The van der Waals surface area contributed by atoms with Gasteiger partial charge in [0.25, 0.3) is 0 Å². The van der Waals surface area contributed by atoms with Crippen LogP contribution in [0.2, 0.25) is 0 Å². The lowest BCUT2D eigenvalue weighted by atomic mass is 9.93. The van der Waals surface area contributed by atoms with Crippen LogP contribution in [-0.2, 0) is 0 Å². The fraction of sp³-hybridized carbons (Fsp3) is 0.0215. The zero-order chi connectivity index (χ0) is 66.2. The standard InChI is InChI=1S/C93H57N5O3/c1-4-20-56(21-5-1)63-48-64(57-22-6-2-7-23-57)50-65(49-63)58-24-16-27-67(51-58)98-79-35-14-11-29-69(79)75-53-60(41-45-81(75)98)62-43-47-84-77(55-62)90-73(33-19-39-87(90)101-84)93-95-91(71-31-17-37-85-88(71)70-30-12-15-36-82(70)99-85)94-92(96-93)72-32-18-38-86-89(72)76-54-61(42-46-83(76)100-86)59-40-44-80-74(52-59)68-28-10-13-34-78(68)97(80)66-25-8-3-9-26-66/h1-16,18-30,32-55H,17,31H2. The summed E-state index contributed by atoms with van der Waals surface area (Å²) in [5.74, 6) is 1.67. The molecule has 14 aromatic carbocycles. The maximum absolute atomic E-state index is 6.83. The van der Waals surface area contributed by atoms with Gasteiger partial charge in [0.05, 0.1) is 22.1 Å². The highest BCUT2D eigenvalue weighted by atomic mass is 16.3. The molecule has 8 nitrogen and oxygen atoms in total. The zero-order valence-electron chi connectivity index (χ0n) is 54.5. The molecule has 0 spiro atoms. The third-order valence-corrected chi connectivity index (χ3v) is 20.6. The van der Waals surface area contributed by atoms with E-state index in [4.69, 9.17) is 28.2 Å². The summed E-state index contributed by atoms with van der Waals surface area (Å²) >= 11 is 0. The normalized spacial score (nSPS) is 12.5. The number of aromatic nitrogens is 5. The highest BCUT2D eigenvalue weighted by Crippen LogP contribution is 2.45. The first-order valence-corrected chi connectivity index (χ1v) is 34.4.